The predicted octanol–water partition coefficient (Wildman–Crippen LogP) is 2.95. The number of aromatic nitrogens is 1. The van der Waals surface area contributed by atoms with Crippen LogP contribution in [0.4, 0.5) is 5.69 Å². The number of anilines is 1. The van der Waals surface area contributed by atoms with Crippen molar-refractivity contribution in [2.24, 2.45) is 0 Å². The van der Waals surface area contributed by atoms with Gasteiger partial charge in [0, 0.05) is 18.2 Å². The Morgan fingerprint density at radius 1 is 1.20 bits per heavy atom. The molecule has 0 aliphatic carbocycles. The third kappa shape index (κ3) is 3.51. The molecule has 7 nitrogen and oxygen atoms in total. The SMILES string of the molecule is CNS(=O)(=O)c1cc(C(=O)Nc2ccc3oc(C)nc3c2)ccc1Cl. The Balaban J connectivity index is 1.91. The van der Waals surface area contributed by atoms with Gasteiger partial charge in [0.25, 0.3) is 5.91 Å². The molecule has 3 rings (SSSR count). The number of rotatable bonds is 4. The fourth-order valence-corrected chi connectivity index (χ4v) is 3.53. The minimum absolute atomic E-state index is 0.0328. The largest absolute Gasteiger partial charge is 0.441 e. The number of hydrogen-bond acceptors (Lipinski definition) is 5. The van der Waals surface area contributed by atoms with E-state index in [-0.39, 0.29) is 15.5 Å². The number of nitrogens with one attached hydrogen (secondary N) is 2. The third-order valence-corrected chi connectivity index (χ3v) is 5.40. The summed E-state index contributed by atoms with van der Waals surface area (Å²) < 4.78 is 31.5. The van der Waals surface area contributed by atoms with Crippen LogP contribution in [0.2, 0.25) is 5.02 Å². The number of fused-ring (bicyclic) bond motifs is 1. The minimum Gasteiger partial charge on any atom is -0.441 e. The molecule has 0 atom stereocenters. The summed E-state index contributed by atoms with van der Waals surface area (Å²) in [4.78, 5) is 16.5. The van der Waals surface area contributed by atoms with Gasteiger partial charge in [-0.15, -0.1) is 0 Å². The summed E-state index contributed by atoms with van der Waals surface area (Å²) >= 11 is 5.92. The van der Waals surface area contributed by atoms with Gasteiger partial charge in [-0.2, -0.15) is 0 Å². The van der Waals surface area contributed by atoms with Crippen LogP contribution in [0.5, 0.6) is 0 Å². The van der Waals surface area contributed by atoms with Gasteiger partial charge in [-0.25, -0.2) is 18.1 Å². The zero-order valence-corrected chi connectivity index (χ0v) is 14.9. The summed E-state index contributed by atoms with van der Waals surface area (Å²) in [5.41, 5.74) is 1.91. The average molecular weight is 380 g/mol. The molecule has 3 aromatic rings. The summed E-state index contributed by atoms with van der Waals surface area (Å²) in [6.07, 6.45) is 0. The van der Waals surface area contributed by atoms with E-state index in [1.165, 1.54) is 25.2 Å². The van der Waals surface area contributed by atoms with Crippen LogP contribution >= 0.6 is 11.6 Å². The van der Waals surface area contributed by atoms with Gasteiger partial charge < -0.3 is 9.73 Å². The van der Waals surface area contributed by atoms with E-state index in [1.807, 2.05) is 0 Å². The van der Waals surface area contributed by atoms with Crippen LogP contribution in [0, 0.1) is 6.92 Å². The highest BCUT2D eigenvalue weighted by molar-refractivity contribution is 7.89. The first-order valence-electron chi connectivity index (χ1n) is 7.22. The van der Waals surface area contributed by atoms with Crippen LogP contribution in [-0.4, -0.2) is 26.4 Å². The number of carbonyl (C=O) groups is 1. The van der Waals surface area contributed by atoms with Gasteiger partial charge >= 0.3 is 0 Å². The Kier molecular flexibility index (Phi) is 4.51. The molecular formula is C16H14ClN3O4S. The monoisotopic (exact) mass is 379 g/mol. The molecule has 1 aromatic heterocycles. The maximum Gasteiger partial charge on any atom is 0.255 e. The highest BCUT2D eigenvalue weighted by Crippen LogP contribution is 2.24. The number of sulfonamides is 1. The van der Waals surface area contributed by atoms with Gasteiger partial charge in [-0.3, -0.25) is 4.79 Å². The van der Waals surface area contributed by atoms with E-state index >= 15 is 0 Å². The maximum atomic E-state index is 12.4. The predicted molar refractivity (Wildman–Crippen MR) is 94.4 cm³/mol. The Morgan fingerprint density at radius 3 is 2.68 bits per heavy atom. The maximum absolute atomic E-state index is 12.4. The molecule has 0 radical (unpaired) electrons. The van der Waals surface area contributed by atoms with E-state index in [4.69, 9.17) is 16.0 Å². The summed E-state index contributed by atoms with van der Waals surface area (Å²) in [5.74, 6) is 0.0573. The second kappa shape index (κ2) is 6.47. The molecule has 25 heavy (non-hydrogen) atoms. The number of nitrogens with zero attached hydrogens (tertiary/aromatic N) is 1. The van der Waals surface area contributed by atoms with Gasteiger partial charge in [0.2, 0.25) is 10.0 Å². The number of amides is 1. The highest BCUT2D eigenvalue weighted by atomic mass is 35.5. The molecule has 9 heteroatoms. The van der Waals surface area contributed by atoms with Crippen molar-refractivity contribution in [3.8, 4) is 0 Å². The van der Waals surface area contributed by atoms with Gasteiger partial charge in [0.1, 0.15) is 10.4 Å². The number of hydrogen-bond donors (Lipinski definition) is 2. The average Bonchev–Trinajstić information content (AvgIpc) is 2.94. The lowest BCUT2D eigenvalue weighted by Crippen LogP contribution is -2.20. The normalized spacial score (nSPS) is 11.6. The molecule has 0 aliphatic rings. The molecule has 0 saturated heterocycles. The van der Waals surface area contributed by atoms with E-state index in [9.17, 15) is 13.2 Å². The Hall–Kier alpha value is -2.42. The van der Waals surface area contributed by atoms with E-state index in [0.717, 1.165) is 0 Å². The molecule has 1 heterocycles. The van der Waals surface area contributed by atoms with Gasteiger partial charge in [-0.1, -0.05) is 11.6 Å². The first-order valence-corrected chi connectivity index (χ1v) is 9.08. The molecule has 2 aromatic carbocycles. The first-order chi connectivity index (χ1) is 11.8. The number of aryl methyl sites for hydroxylation is 1. The van der Waals surface area contributed by atoms with E-state index in [1.54, 1.807) is 25.1 Å². The van der Waals surface area contributed by atoms with Crippen molar-refractivity contribution >= 4 is 44.3 Å². The molecule has 0 aliphatic heterocycles. The van der Waals surface area contributed by atoms with Gasteiger partial charge in [0.15, 0.2) is 11.5 Å². The number of halogens is 1. The lowest BCUT2D eigenvalue weighted by molar-refractivity contribution is 0.102. The lowest BCUT2D eigenvalue weighted by atomic mass is 10.2. The Labute approximate surface area is 149 Å². The summed E-state index contributed by atoms with van der Waals surface area (Å²) in [6, 6.07) is 9.08. The number of oxazole rings is 1. The van der Waals surface area contributed by atoms with Crippen molar-refractivity contribution in [1.82, 2.24) is 9.71 Å². The molecule has 0 spiro atoms. The van der Waals surface area contributed by atoms with E-state index in [0.29, 0.717) is 22.7 Å². The van der Waals surface area contributed by atoms with Crippen molar-refractivity contribution in [2.45, 2.75) is 11.8 Å². The zero-order valence-electron chi connectivity index (χ0n) is 13.3. The highest BCUT2D eigenvalue weighted by Gasteiger charge is 2.18. The van der Waals surface area contributed by atoms with Crippen LogP contribution in [0.3, 0.4) is 0 Å². The fourth-order valence-electron chi connectivity index (χ4n) is 2.28. The van der Waals surface area contributed by atoms with Crippen molar-refractivity contribution in [3.63, 3.8) is 0 Å². The molecule has 0 saturated carbocycles. The molecule has 0 unspecified atom stereocenters. The van der Waals surface area contributed by atoms with Gasteiger partial charge in [-0.05, 0) is 43.4 Å². The van der Waals surface area contributed by atoms with Crippen LogP contribution in [-0.2, 0) is 10.0 Å². The first kappa shape index (κ1) is 17.4. The smallest absolute Gasteiger partial charge is 0.255 e. The lowest BCUT2D eigenvalue weighted by Gasteiger charge is -2.09. The molecule has 2 N–H and O–H groups in total. The molecular weight excluding hydrogens is 366 g/mol. The quantitative estimate of drug-likeness (QED) is 0.725. The van der Waals surface area contributed by atoms with Crippen LogP contribution < -0.4 is 10.0 Å². The molecule has 1 amide bonds. The summed E-state index contributed by atoms with van der Waals surface area (Å²) in [7, 11) is -2.50. The summed E-state index contributed by atoms with van der Waals surface area (Å²) in [6.45, 7) is 1.73. The van der Waals surface area contributed by atoms with Crippen LogP contribution in [0.1, 0.15) is 16.2 Å². The zero-order chi connectivity index (χ0) is 18.2. The second-order valence-corrected chi connectivity index (χ2v) is 7.48. The second-order valence-electron chi connectivity index (χ2n) is 5.22. The van der Waals surface area contributed by atoms with Crippen molar-refractivity contribution < 1.29 is 17.6 Å². The number of carbonyl (C=O) groups excluding carboxylic acids is 1. The number of benzene rings is 2. The van der Waals surface area contributed by atoms with Crippen LogP contribution in [0.15, 0.2) is 45.7 Å². The molecule has 0 fully saturated rings. The topological polar surface area (TPSA) is 101 Å². The minimum atomic E-state index is -3.77. The standard InChI is InChI=1S/C16H14ClN3O4S/c1-9-19-13-8-11(4-6-14(13)24-9)20-16(21)10-3-5-12(17)15(7-10)25(22,23)18-2/h3-8,18H,1-2H3,(H,20,21). The fraction of sp³-hybridized carbons (Fsp3) is 0.125. The molecule has 0 bridgehead atoms. The van der Waals surface area contributed by atoms with Crippen molar-refractivity contribution in [3.05, 3.63) is 52.9 Å². The van der Waals surface area contributed by atoms with E-state index < -0.39 is 15.9 Å². The van der Waals surface area contributed by atoms with Crippen molar-refractivity contribution in [2.75, 3.05) is 12.4 Å². The third-order valence-electron chi connectivity index (χ3n) is 3.50. The summed E-state index contributed by atoms with van der Waals surface area (Å²) in [5, 5.41) is 2.73. The molecule has 130 valence electrons. The van der Waals surface area contributed by atoms with Crippen molar-refractivity contribution in [1.29, 1.82) is 0 Å². The van der Waals surface area contributed by atoms with Gasteiger partial charge in [0.05, 0.1) is 5.02 Å². The van der Waals surface area contributed by atoms with E-state index in [2.05, 4.69) is 15.0 Å². The Bertz CT molecular complexity index is 1080. The van der Waals surface area contributed by atoms with Crippen LogP contribution in [0.25, 0.3) is 11.1 Å². The Morgan fingerprint density at radius 2 is 1.96 bits per heavy atom.